The molecule has 0 heterocycles. The van der Waals surface area contributed by atoms with Crippen LogP contribution in [0.25, 0.3) is 0 Å². The van der Waals surface area contributed by atoms with Gasteiger partial charge in [-0.05, 0) is 43.2 Å². The van der Waals surface area contributed by atoms with Gasteiger partial charge >= 0.3 is 0 Å². The van der Waals surface area contributed by atoms with Gasteiger partial charge in [0.2, 0.25) is 0 Å². The van der Waals surface area contributed by atoms with Crippen LogP contribution < -0.4 is 5.32 Å². The number of hydrogen-bond acceptors (Lipinski definition) is 2. The van der Waals surface area contributed by atoms with Crippen LogP contribution in [0.4, 0.5) is 0 Å². The molecule has 1 aromatic rings. The number of benzene rings is 1. The summed E-state index contributed by atoms with van der Waals surface area (Å²) in [7, 11) is 0. The van der Waals surface area contributed by atoms with Crippen LogP contribution in [0.2, 0.25) is 0 Å². The lowest BCUT2D eigenvalue weighted by atomic mass is 9.95. The molecule has 0 spiro atoms. The summed E-state index contributed by atoms with van der Waals surface area (Å²) in [6, 6.07) is 7.78. The highest BCUT2D eigenvalue weighted by Crippen LogP contribution is 2.44. The minimum absolute atomic E-state index is 0.0125. The van der Waals surface area contributed by atoms with Crippen molar-refractivity contribution < 1.29 is 9.90 Å². The first-order valence-electron chi connectivity index (χ1n) is 7.77. The Bertz CT molecular complexity index is 584. The molecule has 0 radical (unpaired) electrons. The van der Waals surface area contributed by atoms with Crippen molar-refractivity contribution >= 4 is 5.91 Å². The number of aliphatic hydroxyl groups is 1. The molecule has 3 unspecified atom stereocenters. The van der Waals surface area contributed by atoms with Gasteiger partial charge in [0.1, 0.15) is 0 Å². The SMILES string of the molecule is O=C(NC1CC2CCC1C2)c1ccccc1C#CCCO. The molecule has 1 aromatic carbocycles. The quantitative estimate of drug-likeness (QED) is 0.837. The van der Waals surface area contributed by atoms with Gasteiger partial charge in [0.25, 0.3) is 5.91 Å². The van der Waals surface area contributed by atoms with Gasteiger partial charge < -0.3 is 10.4 Å². The molecule has 1 amide bonds. The Morgan fingerprint density at radius 2 is 2.14 bits per heavy atom. The molecule has 2 saturated carbocycles. The minimum Gasteiger partial charge on any atom is -0.395 e. The largest absolute Gasteiger partial charge is 0.395 e. The predicted molar refractivity (Wildman–Crippen MR) is 81.7 cm³/mol. The second-order valence-corrected chi connectivity index (χ2v) is 6.08. The van der Waals surface area contributed by atoms with E-state index in [1.54, 1.807) is 0 Å². The zero-order valence-electron chi connectivity index (χ0n) is 12.1. The molecule has 110 valence electrons. The topological polar surface area (TPSA) is 49.3 Å². The smallest absolute Gasteiger partial charge is 0.252 e. The molecule has 2 aliphatic rings. The molecule has 2 bridgehead atoms. The monoisotopic (exact) mass is 283 g/mol. The standard InChI is InChI=1S/C18H21NO2/c20-10-4-3-6-14-5-1-2-7-16(14)18(21)19-17-12-13-8-9-15(17)11-13/h1-2,5,7,13,15,17,20H,4,8-12H2,(H,19,21). The van der Waals surface area contributed by atoms with E-state index >= 15 is 0 Å². The van der Waals surface area contributed by atoms with Crippen molar-refractivity contribution in [2.24, 2.45) is 11.8 Å². The average Bonchev–Trinajstić information content (AvgIpc) is 3.10. The number of carbonyl (C=O) groups excluding carboxylic acids is 1. The highest BCUT2D eigenvalue weighted by Gasteiger charge is 2.40. The maximum Gasteiger partial charge on any atom is 0.252 e. The first-order valence-corrected chi connectivity index (χ1v) is 7.77. The highest BCUT2D eigenvalue weighted by atomic mass is 16.2. The fraction of sp³-hybridized carbons (Fsp3) is 0.500. The molecule has 3 nitrogen and oxygen atoms in total. The van der Waals surface area contributed by atoms with E-state index in [4.69, 9.17) is 5.11 Å². The zero-order chi connectivity index (χ0) is 14.7. The molecule has 0 aromatic heterocycles. The van der Waals surface area contributed by atoms with Crippen molar-refractivity contribution in [1.29, 1.82) is 0 Å². The van der Waals surface area contributed by atoms with E-state index in [0.29, 0.717) is 23.9 Å². The van der Waals surface area contributed by atoms with Gasteiger partial charge in [-0.1, -0.05) is 30.4 Å². The Labute approximate surface area is 125 Å². The molecule has 21 heavy (non-hydrogen) atoms. The van der Waals surface area contributed by atoms with E-state index in [2.05, 4.69) is 17.2 Å². The van der Waals surface area contributed by atoms with E-state index in [1.807, 2.05) is 24.3 Å². The summed E-state index contributed by atoms with van der Waals surface area (Å²) in [5, 5.41) is 12.0. The summed E-state index contributed by atoms with van der Waals surface area (Å²) in [5.74, 6) is 7.35. The third-order valence-corrected chi connectivity index (χ3v) is 4.69. The molecule has 2 fully saturated rings. The Morgan fingerprint density at radius 1 is 1.29 bits per heavy atom. The number of rotatable bonds is 3. The number of aliphatic hydroxyl groups excluding tert-OH is 1. The summed E-state index contributed by atoms with van der Waals surface area (Å²) in [4.78, 5) is 12.5. The Balaban J connectivity index is 1.71. The lowest BCUT2D eigenvalue weighted by Gasteiger charge is -2.23. The first-order chi connectivity index (χ1) is 10.3. The van der Waals surface area contributed by atoms with Crippen LogP contribution in [0, 0.1) is 23.7 Å². The number of amides is 1. The maximum atomic E-state index is 12.5. The van der Waals surface area contributed by atoms with Gasteiger partial charge in [-0.3, -0.25) is 4.79 Å². The lowest BCUT2D eigenvalue weighted by Crippen LogP contribution is -2.38. The molecule has 0 saturated heterocycles. The molecular formula is C18H21NO2. The fourth-order valence-electron chi connectivity index (χ4n) is 3.67. The van der Waals surface area contributed by atoms with E-state index in [-0.39, 0.29) is 12.5 Å². The minimum atomic E-state index is -0.0125. The van der Waals surface area contributed by atoms with Crippen LogP contribution in [-0.2, 0) is 0 Å². The van der Waals surface area contributed by atoms with Crippen LogP contribution in [0.1, 0.15) is 48.0 Å². The van der Waals surface area contributed by atoms with Crippen molar-refractivity contribution in [3.63, 3.8) is 0 Å². The average molecular weight is 283 g/mol. The van der Waals surface area contributed by atoms with Crippen LogP contribution in [0.15, 0.2) is 24.3 Å². The van der Waals surface area contributed by atoms with Gasteiger partial charge in [0.05, 0.1) is 12.2 Å². The first kappa shape index (κ1) is 14.2. The molecule has 3 rings (SSSR count). The molecule has 3 atom stereocenters. The predicted octanol–water partition coefficient (Wildman–Crippen LogP) is 2.34. The second-order valence-electron chi connectivity index (χ2n) is 6.08. The third kappa shape index (κ3) is 3.11. The van der Waals surface area contributed by atoms with Gasteiger partial charge in [0.15, 0.2) is 0 Å². The van der Waals surface area contributed by atoms with E-state index in [1.165, 1.54) is 19.3 Å². The molecule has 2 N–H and O–H groups in total. The highest BCUT2D eigenvalue weighted by molar-refractivity contribution is 5.97. The number of nitrogens with one attached hydrogen (secondary N) is 1. The Kier molecular flexibility index (Phi) is 4.26. The van der Waals surface area contributed by atoms with Crippen molar-refractivity contribution in [3.05, 3.63) is 35.4 Å². The summed E-state index contributed by atoms with van der Waals surface area (Å²) in [6.07, 6.45) is 5.44. The summed E-state index contributed by atoms with van der Waals surface area (Å²) in [5.41, 5.74) is 1.39. The maximum absolute atomic E-state index is 12.5. The lowest BCUT2D eigenvalue weighted by molar-refractivity contribution is 0.0922. The Morgan fingerprint density at radius 3 is 2.86 bits per heavy atom. The Hall–Kier alpha value is -1.79. The van der Waals surface area contributed by atoms with E-state index in [9.17, 15) is 4.79 Å². The van der Waals surface area contributed by atoms with Gasteiger partial charge in [-0.15, -0.1) is 0 Å². The van der Waals surface area contributed by atoms with E-state index < -0.39 is 0 Å². The number of fused-ring (bicyclic) bond motifs is 2. The van der Waals surface area contributed by atoms with Crippen molar-refractivity contribution in [1.82, 2.24) is 5.32 Å². The summed E-state index contributed by atoms with van der Waals surface area (Å²) < 4.78 is 0. The van der Waals surface area contributed by atoms with Gasteiger partial charge in [-0.25, -0.2) is 0 Å². The number of hydrogen-bond donors (Lipinski definition) is 2. The van der Waals surface area contributed by atoms with Crippen molar-refractivity contribution in [2.45, 2.75) is 38.1 Å². The van der Waals surface area contributed by atoms with E-state index in [0.717, 1.165) is 17.9 Å². The molecule has 2 aliphatic carbocycles. The van der Waals surface area contributed by atoms with Crippen LogP contribution in [0.5, 0.6) is 0 Å². The molecule has 0 aliphatic heterocycles. The zero-order valence-corrected chi connectivity index (χ0v) is 12.1. The molecule has 3 heteroatoms. The molecular weight excluding hydrogens is 262 g/mol. The van der Waals surface area contributed by atoms with Gasteiger partial charge in [-0.2, -0.15) is 0 Å². The summed E-state index contributed by atoms with van der Waals surface area (Å²) in [6.45, 7) is 0.0481. The van der Waals surface area contributed by atoms with Crippen molar-refractivity contribution in [2.75, 3.05) is 6.61 Å². The van der Waals surface area contributed by atoms with Gasteiger partial charge in [0, 0.05) is 18.0 Å². The number of carbonyl (C=O) groups is 1. The van der Waals surface area contributed by atoms with Crippen LogP contribution in [-0.4, -0.2) is 23.7 Å². The second kappa shape index (κ2) is 6.32. The van der Waals surface area contributed by atoms with Crippen LogP contribution in [0.3, 0.4) is 0 Å². The normalized spacial score (nSPS) is 26.2. The third-order valence-electron chi connectivity index (χ3n) is 4.69. The van der Waals surface area contributed by atoms with Crippen molar-refractivity contribution in [3.8, 4) is 11.8 Å². The summed E-state index contributed by atoms with van der Waals surface area (Å²) >= 11 is 0. The van der Waals surface area contributed by atoms with Crippen LogP contribution >= 0.6 is 0 Å². The fourth-order valence-corrected chi connectivity index (χ4v) is 3.67.